The van der Waals surface area contributed by atoms with Crippen LogP contribution in [-0.4, -0.2) is 9.78 Å². The zero-order valence-corrected chi connectivity index (χ0v) is 9.30. The number of nitrogens with zero attached hydrogens (tertiary/aromatic N) is 3. The lowest BCUT2D eigenvalue weighted by atomic mass is 10.1. The molecule has 4 heteroatoms. The largest absolute Gasteiger partial charge is 0.263 e. The van der Waals surface area contributed by atoms with Crippen molar-refractivity contribution in [1.82, 2.24) is 9.78 Å². The summed E-state index contributed by atoms with van der Waals surface area (Å²) in [6.45, 7) is 0. The van der Waals surface area contributed by atoms with Gasteiger partial charge < -0.3 is 0 Å². The van der Waals surface area contributed by atoms with E-state index in [0.717, 1.165) is 5.56 Å². The fourth-order valence-electron chi connectivity index (χ4n) is 1.61. The number of aromatic nitrogens is 2. The Morgan fingerprint density at radius 1 is 1.38 bits per heavy atom. The molecule has 0 aliphatic heterocycles. The molecule has 2 aromatic rings. The van der Waals surface area contributed by atoms with E-state index in [4.69, 9.17) is 16.9 Å². The third-order valence-electron chi connectivity index (χ3n) is 2.36. The van der Waals surface area contributed by atoms with Crippen molar-refractivity contribution in [3.63, 3.8) is 0 Å². The number of rotatable bonds is 3. The summed E-state index contributed by atoms with van der Waals surface area (Å²) in [7, 11) is 0. The van der Waals surface area contributed by atoms with Gasteiger partial charge in [0.1, 0.15) is 0 Å². The molecule has 0 saturated heterocycles. The van der Waals surface area contributed by atoms with Crippen molar-refractivity contribution in [1.29, 1.82) is 5.26 Å². The van der Waals surface area contributed by atoms with Gasteiger partial charge in [0.15, 0.2) is 0 Å². The summed E-state index contributed by atoms with van der Waals surface area (Å²) >= 11 is 5.83. The van der Waals surface area contributed by atoms with Crippen LogP contribution in [0.25, 0.3) is 0 Å². The van der Waals surface area contributed by atoms with Gasteiger partial charge in [0.25, 0.3) is 0 Å². The van der Waals surface area contributed by atoms with Crippen LogP contribution in [0.2, 0.25) is 5.02 Å². The minimum Gasteiger partial charge on any atom is -0.263 e. The fourth-order valence-corrected chi connectivity index (χ4v) is 1.75. The highest BCUT2D eigenvalue weighted by Crippen LogP contribution is 2.22. The zero-order valence-electron chi connectivity index (χ0n) is 8.55. The predicted molar refractivity (Wildman–Crippen MR) is 62.0 cm³/mol. The highest BCUT2D eigenvalue weighted by atomic mass is 35.5. The first-order chi connectivity index (χ1) is 7.81. The van der Waals surface area contributed by atoms with Gasteiger partial charge in [-0.3, -0.25) is 4.68 Å². The number of benzene rings is 1. The molecule has 0 fully saturated rings. The fraction of sp³-hybridized carbons (Fsp3) is 0.167. The van der Waals surface area contributed by atoms with Gasteiger partial charge in [-0.1, -0.05) is 41.9 Å². The molecule has 1 aromatic heterocycles. The van der Waals surface area contributed by atoms with Crippen molar-refractivity contribution < 1.29 is 0 Å². The maximum absolute atomic E-state index is 8.84. The van der Waals surface area contributed by atoms with Crippen LogP contribution in [0.1, 0.15) is 18.0 Å². The SMILES string of the molecule is N#CCC(c1ccccc1)n1cc(Cl)cn1. The molecule has 2 rings (SSSR count). The van der Waals surface area contributed by atoms with Crippen molar-refractivity contribution in [3.05, 3.63) is 53.3 Å². The minimum atomic E-state index is -0.0706. The van der Waals surface area contributed by atoms with E-state index in [2.05, 4.69) is 11.2 Å². The lowest BCUT2D eigenvalue weighted by Crippen LogP contribution is -2.10. The molecular formula is C12H10ClN3. The molecule has 0 saturated carbocycles. The third kappa shape index (κ3) is 2.23. The Kier molecular flexibility index (Phi) is 3.23. The number of halogens is 1. The monoisotopic (exact) mass is 231 g/mol. The average molecular weight is 232 g/mol. The lowest BCUT2D eigenvalue weighted by Gasteiger charge is -2.14. The average Bonchev–Trinajstić information content (AvgIpc) is 2.74. The number of nitriles is 1. The molecule has 1 aromatic carbocycles. The molecule has 0 bridgehead atoms. The molecular weight excluding hydrogens is 222 g/mol. The maximum atomic E-state index is 8.84. The van der Waals surface area contributed by atoms with Crippen molar-refractivity contribution in [2.24, 2.45) is 0 Å². The predicted octanol–water partition coefficient (Wildman–Crippen LogP) is 3.04. The quantitative estimate of drug-likeness (QED) is 0.815. The van der Waals surface area contributed by atoms with E-state index >= 15 is 0 Å². The Morgan fingerprint density at radius 2 is 2.12 bits per heavy atom. The van der Waals surface area contributed by atoms with Crippen LogP contribution < -0.4 is 0 Å². The van der Waals surface area contributed by atoms with Gasteiger partial charge in [-0.25, -0.2) is 0 Å². The summed E-state index contributed by atoms with van der Waals surface area (Å²) < 4.78 is 1.72. The first-order valence-electron chi connectivity index (χ1n) is 4.93. The van der Waals surface area contributed by atoms with E-state index in [9.17, 15) is 0 Å². The van der Waals surface area contributed by atoms with Gasteiger partial charge in [0.2, 0.25) is 0 Å². The maximum Gasteiger partial charge on any atom is 0.0898 e. The third-order valence-corrected chi connectivity index (χ3v) is 2.55. The van der Waals surface area contributed by atoms with Crippen LogP contribution >= 0.6 is 11.6 Å². The first-order valence-corrected chi connectivity index (χ1v) is 5.30. The highest BCUT2D eigenvalue weighted by Gasteiger charge is 2.13. The summed E-state index contributed by atoms with van der Waals surface area (Å²) in [5, 5.41) is 13.6. The molecule has 1 atom stereocenters. The molecule has 3 nitrogen and oxygen atoms in total. The topological polar surface area (TPSA) is 41.6 Å². The Bertz CT molecular complexity index is 498. The number of hydrogen-bond acceptors (Lipinski definition) is 2. The smallest absolute Gasteiger partial charge is 0.0898 e. The zero-order chi connectivity index (χ0) is 11.4. The van der Waals surface area contributed by atoms with Crippen LogP contribution in [0.15, 0.2) is 42.7 Å². The van der Waals surface area contributed by atoms with Crippen LogP contribution in [-0.2, 0) is 0 Å². The van der Waals surface area contributed by atoms with Gasteiger partial charge in [-0.15, -0.1) is 0 Å². The summed E-state index contributed by atoms with van der Waals surface area (Å²) in [6, 6.07) is 11.9. The van der Waals surface area contributed by atoms with Crippen molar-refractivity contribution >= 4 is 11.6 Å². The molecule has 0 aliphatic carbocycles. The Labute approximate surface area is 98.9 Å². The van der Waals surface area contributed by atoms with Gasteiger partial charge in [-0.05, 0) is 5.56 Å². The minimum absolute atomic E-state index is 0.0706. The molecule has 1 heterocycles. The molecule has 0 amide bonds. The molecule has 16 heavy (non-hydrogen) atoms. The molecule has 0 radical (unpaired) electrons. The normalized spacial score (nSPS) is 12.0. The Balaban J connectivity index is 2.35. The van der Waals surface area contributed by atoms with Crippen LogP contribution in [0.3, 0.4) is 0 Å². The molecule has 80 valence electrons. The van der Waals surface area contributed by atoms with Crippen molar-refractivity contribution in [2.45, 2.75) is 12.5 Å². The summed E-state index contributed by atoms with van der Waals surface area (Å²) in [6.07, 6.45) is 3.69. The van der Waals surface area contributed by atoms with E-state index in [1.54, 1.807) is 17.1 Å². The summed E-state index contributed by atoms with van der Waals surface area (Å²) in [4.78, 5) is 0. The van der Waals surface area contributed by atoms with Crippen molar-refractivity contribution in [2.75, 3.05) is 0 Å². The molecule has 0 N–H and O–H groups in total. The van der Waals surface area contributed by atoms with Crippen LogP contribution in [0.5, 0.6) is 0 Å². The standard InChI is InChI=1S/C12H10ClN3/c13-11-8-15-16(9-11)12(6-7-14)10-4-2-1-3-5-10/h1-5,8-9,12H,6H2. The first kappa shape index (κ1) is 10.7. The van der Waals surface area contributed by atoms with Gasteiger partial charge in [-0.2, -0.15) is 10.4 Å². The summed E-state index contributed by atoms with van der Waals surface area (Å²) in [5.41, 5.74) is 1.06. The van der Waals surface area contributed by atoms with E-state index in [1.807, 2.05) is 30.3 Å². The van der Waals surface area contributed by atoms with E-state index in [-0.39, 0.29) is 6.04 Å². The van der Waals surface area contributed by atoms with Crippen molar-refractivity contribution in [3.8, 4) is 6.07 Å². The second-order valence-corrected chi connectivity index (χ2v) is 3.86. The van der Waals surface area contributed by atoms with E-state index < -0.39 is 0 Å². The second-order valence-electron chi connectivity index (χ2n) is 3.43. The van der Waals surface area contributed by atoms with Gasteiger partial charge in [0, 0.05) is 6.20 Å². The highest BCUT2D eigenvalue weighted by molar-refractivity contribution is 6.30. The second kappa shape index (κ2) is 4.82. The Hall–Kier alpha value is -1.79. The molecule has 0 aliphatic rings. The number of hydrogen-bond donors (Lipinski definition) is 0. The van der Waals surface area contributed by atoms with E-state index in [1.165, 1.54) is 0 Å². The van der Waals surface area contributed by atoms with Crippen LogP contribution in [0, 0.1) is 11.3 Å². The van der Waals surface area contributed by atoms with Gasteiger partial charge in [0.05, 0.1) is 29.8 Å². The Morgan fingerprint density at radius 3 is 2.69 bits per heavy atom. The lowest BCUT2D eigenvalue weighted by molar-refractivity contribution is 0.532. The summed E-state index contributed by atoms with van der Waals surface area (Å²) in [5.74, 6) is 0. The molecule has 0 spiro atoms. The van der Waals surface area contributed by atoms with E-state index in [0.29, 0.717) is 11.4 Å². The van der Waals surface area contributed by atoms with Crippen LogP contribution in [0.4, 0.5) is 0 Å². The molecule has 1 unspecified atom stereocenters. The van der Waals surface area contributed by atoms with Gasteiger partial charge >= 0.3 is 0 Å².